The molecule has 28 heavy (non-hydrogen) atoms. The predicted octanol–water partition coefficient (Wildman–Crippen LogP) is 4.47. The Balaban J connectivity index is 2.03. The lowest BCUT2D eigenvalue weighted by molar-refractivity contribution is -0.274. The smallest absolute Gasteiger partial charge is 0.486 e. The maximum Gasteiger partial charge on any atom is 0.573 e. The molecule has 5 nitrogen and oxygen atoms in total. The number of alkyl halides is 3. The van der Waals surface area contributed by atoms with Crippen molar-refractivity contribution in [2.45, 2.75) is 25.4 Å². The number of rotatable bonds is 6. The van der Waals surface area contributed by atoms with Gasteiger partial charge in [-0.2, -0.15) is 5.26 Å². The zero-order valence-electron chi connectivity index (χ0n) is 14.3. The number of hydrogen-bond acceptors (Lipinski definition) is 4. The molecule has 2 atom stereocenters. The molecule has 0 saturated carbocycles. The van der Waals surface area contributed by atoms with E-state index in [4.69, 9.17) is 16.3 Å². The minimum Gasteiger partial charge on any atom is -0.486 e. The second kappa shape index (κ2) is 8.80. The molecule has 10 heteroatoms. The number of nitriles is 1. The fourth-order valence-corrected chi connectivity index (χ4v) is 2.34. The molecule has 0 spiro atoms. The van der Waals surface area contributed by atoms with Gasteiger partial charge in [-0.05, 0) is 49.4 Å². The summed E-state index contributed by atoms with van der Waals surface area (Å²) in [5.74, 6) is -1.62. The van der Waals surface area contributed by atoms with Crippen LogP contribution in [-0.2, 0) is 0 Å². The number of hydrogen-bond donors (Lipinski definition) is 1. The molecule has 0 saturated heterocycles. The summed E-state index contributed by atoms with van der Waals surface area (Å²) in [5.41, 5.74) is 0.0155. The molecule has 0 aromatic heterocycles. The molecule has 0 heterocycles. The van der Waals surface area contributed by atoms with Crippen molar-refractivity contribution < 1.29 is 31.8 Å². The third-order valence-corrected chi connectivity index (χ3v) is 3.75. The van der Waals surface area contributed by atoms with Crippen molar-refractivity contribution in [1.29, 1.82) is 5.26 Å². The number of benzene rings is 2. The number of nitrogens with zero attached hydrogens (tertiary/aromatic N) is 1. The molecular weight excluding hydrogens is 404 g/mol. The third kappa shape index (κ3) is 6.03. The van der Waals surface area contributed by atoms with Crippen LogP contribution in [0.3, 0.4) is 0 Å². The average Bonchev–Trinajstić information content (AvgIpc) is 2.61. The van der Waals surface area contributed by atoms with Crippen molar-refractivity contribution in [3.63, 3.8) is 0 Å². The van der Waals surface area contributed by atoms with Crippen molar-refractivity contribution >= 4 is 17.5 Å². The van der Waals surface area contributed by atoms with Gasteiger partial charge in [0.25, 0.3) is 5.91 Å². The summed E-state index contributed by atoms with van der Waals surface area (Å²) >= 11 is 5.86. The Hall–Kier alpha value is -2.99. The van der Waals surface area contributed by atoms with Crippen LogP contribution in [0.4, 0.5) is 17.6 Å². The number of nitrogens with one attached hydrogen (secondary N) is 1. The lowest BCUT2D eigenvalue weighted by Crippen LogP contribution is -2.43. The number of amides is 1. The van der Waals surface area contributed by atoms with E-state index in [0.717, 1.165) is 36.4 Å². The first-order chi connectivity index (χ1) is 13.1. The Labute approximate surface area is 162 Å². The Morgan fingerprint density at radius 1 is 1.21 bits per heavy atom. The van der Waals surface area contributed by atoms with E-state index in [1.807, 2.05) is 6.07 Å². The fraction of sp³-hybridized carbons (Fsp3) is 0.222. The highest BCUT2D eigenvalue weighted by molar-refractivity contribution is 6.32. The first kappa shape index (κ1) is 21.3. The molecule has 2 aromatic rings. The van der Waals surface area contributed by atoms with Gasteiger partial charge in [-0.1, -0.05) is 11.6 Å². The van der Waals surface area contributed by atoms with Gasteiger partial charge in [-0.3, -0.25) is 4.79 Å². The minimum atomic E-state index is -4.84. The predicted molar refractivity (Wildman–Crippen MR) is 91.5 cm³/mol. The Kier molecular flexibility index (Phi) is 6.70. The van der Waals surface area contributed by atoms with Crippen molar-refractivity contribution in [1.82, 2.24) is 5.32 Å². The van der Waals surface area contributed by atoms with Gasteiger partial charge in [0.1, 0.15) is 23.4 Å². The van der Waals surface area contributed by atoms with E-state index in [2.05, 4.69) is 10.1 Å². The molecule has 0 aliphatic rings. The van der Waals surface area contributed by atoms with Gasteiger partial charge in [-0.15, -0.1) is 13.2 Å². The Bertz CT molecular complexity index is 882. The van der Waals surface area contributed by atoms with Crippen molar-refractivity contribution in [3.8, 4) is 17.6 Å². The molecule has 2 aromatic carbocycles. The molecule has 0 aliphatic heterocycles. The van der Waals surface area contributed by atoms with E-state index in [1.165, 1.54) is 13.0 Å². The van der Waals surface area contributed by atoms with Crippen LogP contribution in [0, 0.1) is 17.1 Å². The summed E-state index contributed by atoms with van der Waals surface area (Å²) in [6, 6.07) is 8.36. The summed E-state index contributed by atoms with van der Waals surface area (Å²) in [6.07, 6.45) is -5.70. The van der Waals surface area contributed by atoms with E-state index in [-0.39, 0.29) is 16.3 Å². The van der Waals surface area contributed by atoms with E-state index in [9.17, 15) is 27.6 Å². The Morgan fingerprint density at radius 2 is 1.86 bits per heavy atom. The van der Waals surface area contributed by atoms with Gasteiger partial charge in [0.05, 0.1) is 11.1 Å². The van der Waals surface area contributed by atoms with Crippen LogP contribution < -0.4 is 14.8 Å². The van der Waals surface area contributed by atoms with Crippen molar-refractivity contribution in [2.24, 2.45) is 0 Å². The van der Waals surface area contributed by atoms with Crippen LogP contribution in [0.2, 0.25) is 5.02 Å². The lowest BCUT2D eigenvalue weighted by atomic mass is 10.1. The molecule has 0 bridgehead atoms. The maximum atomic E-state index is 13.1. The van der Waals surface area contributed by atoms with E-state index >= 15 is 0 Å². The summed E-state index contributed by atoms with van der Waals surface area (Å²) < 4.78 is 58.7. The quantitative estimate of drug-likeness (QED) is 0.705. The standard InChI is InChI=1S/C18H13ClF4N2O3/c1-10(27-16-7-4-12(20)8-14(16)19)15(9-24)25-17(26)11-2-5-13(6-3-11)28-18(21,22)23/h2-8,10,15H,1H3,(H,25,26). The first-order valence-electron chi connectivity index (χ1n) is 7.77. The summed E-state index contributed by atoms with van der Waals surface area (Å²) in [5, 5.41) is 11.7. The topological polar surface area (TPSA) is 71.3 Å². The van der Waals surface area contributed by atoms with Crippen LogP contribution >= 0.6 is 11.6 Å². The fourth-order valence-electron chi connectivity index (χ4n) is 2.13. The molecule has 2 rings (SSSR count). The second-order valence-electron chi connectivity index (χ2n) is 5.55. The third-order valence-electron chi connectivity index (χ3n) is 3.45. The van der Waals surface area contributed by atoms with Gasteiger partial charge >= 0.3 is 6.36 Å². The SMILES string of the molecule is CC(Oc1ccc(F)cc1Cl)C(C#N)NC(=O)c1ccc(OC(F)(F)F)cc1. The largest absolute Gasteiger partial charge is 0.573 e. The monoisotopic (exact) mass is 416 g/mol. The summed E-state index contributed by atoms with van der Waals surface area (Å²) in [7, 11) is 0. The molecule has 0 radical (unpaired) electrons. The molecule has 148 valence electrons. The highest BCUT2D eigenvalue weighted by Crippen LogP contribution is 2.26. The molecule has 0 aliphatic carbocycles. The average molecular weight is 417 g/mol. The Morgan fingerprint density at radius 3 is 2.39 bits per heavy atom. The van der Waals surface area contributed by atoms with Crippen LogP contribution in [0.1, 0.15) is 17.3 Å². The highest BCUT2D eigenvalue weighted by atomic mass is 35.5. The minimum absolute atomic E-state index is 0.00452. The molecule has 1 N–H and O–H groups in total. The highest BCUT2D eigenvalue weighted by Gasteiger charge is 2.31. The maximum absolute atomic E-state index is 13.1. The van der Waals surface area contributed by atoms with Crippen LogP contribution in [0.5, 0.6) is 11.5 Å². The molecule has 2 unspecified atom stereocenters. The van der Waals surface area contributed by atoms with Gasteiger partial charge in [0, 0.05) is 5.56 Å². The summed E-state index contributed by atoms with van der Waals surface area (Å²) in [6.45, 7) is 1.49. The number of carbonyl (C=O) groups excluding carboxylic acids is 1. The number of halogens is 5. The van der Waals surface area contributed by atoms with E-state index in [0.29, 0.717) is 0 Å². The number of ether oxygens (including phenoxy) is 2. The van der Waals surface area contributed by atoms with Gasteiger partial charge in [0.2, 0.25) is 0 Å². The first-order valence-corrected chi connectivity index (χ1v) is 8.15. The summed E-state index contributed by atoms with van der Waals surface area (Å²) in [4.78, 5) is 12.2. The zero-order chi connectivity index (χ0) is 20.9. The normalized spacial score (nSPS) is 13.2. The second-order valence-corrected chi connectivity index (χ2v) is 5.96. The van der Waals surface area contributed by atoms with Crippen molar-refractivity contribution in [2.75, 3.05) is 0 Å². The molecule has 1 amide bonds. The van der Waals surface area contributed by atoms with Crippen LogP contribution in [0.25, 0.3) is 0 Å². The van der Waals surface area contributed by atoms with Gasteiger partial charge in [-0.25, -0.2) is 4.39 Å². The number of carbonyl (C=O) groups is 1. The molecular formula is C18H13ClF4N2O3. The van der Waals surface area contributed by atoms with Crippen LogP contribution in [-0.4, -0.2) is 24.4 Å². The van der Waals surface area contributed by atoms with Gasteiger partial charge < -0.3 is 14.8 Å². The van der Waals surface area contributed by atoms with Crippen LogP contribution in [0.15, 0.2) is 42.5 Å². The molecule has 0 fully saturated rings. The van der Waals surface area contributed by atoms with E-state index in [1.54, 1.807) is 0 Å². The lowest BCUT2D eigenvalue weighted by Gasteiger charge is -2.21. The van der Waals surface area contributed by atoms with Gasteiger partial charge in [0.15, 0.2) is 6.04 Å². The van der Waals surface area contributed by atoms with E-state index < -0.39 is 36.0 Å². The van der Waals surface area contributed by atoms with Crippen molar-refractivity contribution in [3.05, 3.63) is 58.9 Å². The zero-order valence-corrected chi connectivity index (χ0v) is 15.0.